The number of carbonyl (C=O) groups is 1. The first-order valence-corrected chi connectivity index (χ1v) is 5.69. The number of nitro groups is 1. The Balaban J connectivity index is 2.44. The summed E-state index contributed by atoms with van der Waals surface area (Å²) < 4.78 is 0. The number of hydrogen-bond acceptors (Lipinski definition) is 4. The number of benzene rings is 2. The van der Waals surface area contributed by atoms with Gasteiger partial charge in [-0.15, -0.1) is 0 Å². The Kier molecular flexibility index (Phi) is 3.56. The van der Waals surface area contributed by atoms with Gasteiger partial charge in [0.25, 0.3) is 5.69 Å². The fourth-order valence-electron chi connectivity index (χ4n) is 1.79. The van der Waals surface area contributed by atoms with Crippen LogP contribution in [0.15, 0.2) is 48.5 Å². The lowest BCUT2D eigenvalue weighted by Crippen LogP contribution is -2.03. The summed E-state index contributed by atoms with van der Waals surface area (Å²) in [7, 11) is 1.60. The summed E-state index contributed by atoms with van der Waals surface area (Å²) in [6.07, 6.45) is 0. The first-order valence-electron chi connectivity index (χ1n) is 5.69. The molecular weight excluding hydrogens is 244 g/mol. The van der Waals surface area contributed by atoms with Gasteiger partial charge >= 0.3 is 0 Å². The Hall–Kier alpha value is -2.69. The minimum absolute atomic E-state index is 0.107. The van der Waals surface area contributed by atoms with E-state index in [4.69, 9.17) is 0 Å². The number of ketones is 1. The van der Waals surface area contributed by atoms with Gasteiger partial charge in [0, 0.05) is 24.2 Å². The largest absolute Gasteiger partial charge is 0.383 e. The Morgan fingerprint density at radius 3 is 2.37 bits per heavy atom. The van der Waals surface area contributed by atoms with E-state index in [2.05, 4.69) is 5.32 Å². The SMILES string of the molecule is CNc1ccc(C(=O)c2ccccc2)cc1[N+](=O)[O-]. The van der Waals surface area contributed by atoms with Crippen molar-refractivity contribution in [2.75, 3.05) is 12.4 Å². The van der Waals surface area contributed by atoms with Gasteiger partial charge in [0.2, 0.25) is 0 Å². The Labute approximate surface area is 110 Å². The molecule has 0 aliphatic rings. The van der Waals surface area contributed by atoms with Gasteiger partial charge in [0.15, 0.2) is 5.78 Å². The molecule has 5 heteroatoms. The molecule has 96 valence electrons. The average Bonchev–Trinajstić information content (AvgIpc) is 2.46. The van der Waals surface area contributed by atoms with Crippen LogP contribution in [-0.2, 0) is 0 Å². The van der Waals surface area contributed by atoms with Gasteiger partial charge in [0.1, 0.15) is 5.69 Å². The van der Waals surface area contributed by atoms with E-state index in [-0.39, 0.29) is 11.5 Å². The second-order valence-corrected chi connectivity index (χ2v) is 3.93. The van der Waals surface area contributed by atoms with E-state index in [1.54, 1.807) is 37.4 Å². The van der Waals surface area contributed by atoms with Crippen LogP contribution >= 0.6 is 0 Å². The molecule has 0 amide bonds. The lowest BCUT2D eigenvalue weighted by atomic mass is 10.0. The highest BCUT2D eigenvalue weighted by Crippen LogP contribution is 2.26. The first-order chi connectivity index (χ1) is 9.13. The van der Waals surface area contributed by atoms with Gasteiger partial charge in [-0.05, 0) is 12.1 Å². The normalized spacial score (nSPS) is 9.95. The van der Waals surface area contributed by atoms with Gasteiger partial charge in [-0.1, -0.05) is 30.3 Å². The third-order valence-corrected chi connectivity index (χ3v) is 2.76. The number of carbonyl (C=O) groups excluding carboxylic acids is 1. The molecule has 0 saturated carbocycles. The van der Waals surface area contributed by atoms with Crippen LogP contribution in [0.5, 0.6) is 0 Å². The molecule has 0 fully saturated rings. The van der Waals surface area contributed by atoms with Crippen LogP contribution < -0.4 is 5.32 Å². The van der Waals surface area contributed by atoms with Gasteiger partial charge in [-0.3, -0.25) is 14.9 Å². The minimum Gasteiger partial charge on any atom is -0.383 e. The van der Waals surface area contributed by atoms with E-state index in [0.717, 1.165) is 0 Å². The molecule has 0 aliphatic carbocycles. The zero-order chi connectivity index (χ0) is 13.8. The van der Waals surface area contributed by atoms with E-state index in [0.29, 0.717) is 16.8 Å². The van der Waals surface area contributed by atoms with Crippen molar-refractivity contribution in [2.24, 2.45) is 0 Å². The molecule has 0 spiro atoms. The van der Waals surface area contributed by atoms with Crippen LogP contribution in [0.4, 0.5) is 11.4 Å². The summed E-state index contributed by atoms with van der Waals surface area (Å²) in [4.78, 5) is 22.6. The van der Waals surface area contributed by atoms with Crippen molar-refractivity contribution >= 4 is 17.2 Å². The quantitative estimate of drug-likeness (QED) is 0.518. The van der Waals surface area contributed by atoms with E-state index in [1.165, 1.54) is 12.1 Å². The zero-order valence-corrected chi connectivity index (χ0v) is 10.3. The molecule has 19 heavy (non-hydrogen) atoms. The third-order valence-electron chi connectivity index (χ3n) is 2.76. The van der Waals surface area contributed by atoms with E-state index < -0.39 is 4.92 Å². The van der Waals surface area contributed by atoms with Crippen LogP contribution in [0.3, 0.4) is 0 Å². The van der Waals surface area contributed by atoms with Gasteiger partial charge < -0.3 is 5.32 Å². The smallest absolute Gasteiger partial charge is 0.293 e. The number of anilines is 1. The molecule has 2 aromatic rings. The summed E-state index contributed by atoms with van der Waals surface area (Å²) in [5, 5.41) is 13.7. The maximum absolute atomic E-state index is 12.2. The number of hydrogen-bond donors (Lipinski definition) is 1. The van der Waals surface area contributed by atoms with Crippen molar-refractivity contribution in [1.82, 2.24) is 0 Å². The van der Waals surface area contributed by atoms with Crippen LogP contribution in [0.2, 0.25) is 0 Å². The van der Waals surface area contributed by atoms with Crippen LogP contribution in [-0.4, -0.2) is 17.8 Å². The lowest BCUT2D eigenvalue weighted by molar-refractivity contribution is -0.384. The highest BCUT2D eigenvalue weighted by atomic mass is 16.6. The fraction of sp³-hybridized carbons (Fsp3) is 0.0714. The Bertz CT molecular complexity index is 624. The molecule has 5 nitrogen and oxygen atoms in total. The molecule has 2 rings (SSSR count). The first kappa shape index (κ1) is 12.8. The van der Waals surface area contributed by atoms with Crippen molar-refractivity contribution in [2.45, 2.75) is 0 Å². The molecule has 0 unspecified atom stereocenters. The maximum Gasteiger partial charge on any atom is 0.293 e. The molecule has 0 saturated heterocycles. The fourth-order valence-corrected chi connectivity index (χ4v) is 1.79. The summed E-state index contributed by atoms with van der Waals surface area (Å²) in [6, 6.07) is 13.1. The van der Waals surface area contributed by atoms with Gasteiger partial charge in [-0.25, -0.2) is 0 Å². The number of nitro benzene ring substituents is 1. The minimum atomic E-state index is -0.506. The molecule has 0 radical (unpaired) electrons. The Morgan fingerprint density at radius 1 is 1.11 bits per heavy atom. The summed E-state index contributed by atoms with van der Waals surface area (Å²) in [5.74, 6) is -0.230. The van der Waals surface area contributed by atoms with E-state index in [9.17, 15) is 14.9 Å². The zero-order valence-electron chi connectivity index (χ0n) is 10.3. The topological polar surface area (TPSA) is 72.2 Å². The molecule has 2 aromatic carbocycles. The summed E-state index contributed by atoms with van der Waals surface area (Å²) >= 11 is 0. The molecule has 0 aliphatic heterocycles. The predicted octanol–water partition coefficient (Wildman–Crippen LogP) is 2.87. The average molecular weight is 256 g/mol. The predicted molar refractivity (Wildman–Crippen MR) is 72.5 cm³/mol. The van der Waals surface area contributed by atoms with Crippen molar-refractivity contribution in [3.05, 3.63) is 69.8 Å². The third kappa shape index (κ3) is 2.60. The molecule has 0 heterocycles. The number of nitrogens with one attached hydrogen (secondary N) is 1. The van der Waals surface area contributed by atoms with Crippen LogP contribution in [0.1, 0.15) is 15.9 Å². The standard InChI is InChI=1S/C14H12N2O3/c1-15-12-8-7-11(9-13(12)16(18)19)14(17)10-5-3-2-4-6-10/h2-9,15H,1H3. The highest BCUT2D eigenvalue weighted by Gasteiger charge is 2.17. The van der Waals surface area contributed by atoms with E-state index in [1.807, 2.05) is 6.07 Å². The summed E-state index contributed by atoms with van der Waals surface area (Å²) in [6.45, 7) is 0. The summed E-state index contributed by atoms with van der Waals surface area (Å²) in [5.41, 5.74) is 1.09. The molecule has 0 bridgehead atoms. The van der Waals surface area contributed by atoms with Crippen molar-refractivity contribution in [3.63, 3.8) is 0 Å². The van der Waals surface area contributed by atoms with Crippen LogP contribution in [0, 0.1) is 10.1 Å². The Morgan fingerprint density at radius 2 is 1.79 bits per heavy atom. The number of rotatable bonds is 4. The lowest BCUT2D eigenvalue weighted by Gasteiger charge is -2.05. The monoisotopic (exact) mass is 256 g/mol. The highest BCUT2D eigenvalue weighted by molar-refractivity contribution is 6.09. The number of nitrogens with zero attached hydrogens (tertiary/aromatic N) is 1. The molecule has 0 aromatic heterocycles. The molecular formula is C14H12N2O3. The van der Waals surface area contributed by atoms with Gasteiger partial charge in [0.05, 0.1) is 4.92 Å². The molecule has 0 atom stereocenters. The van der Waals surface area contributed by atoms with E-state index >= 15 is 0 Å². The van der Waals surface area contributed by atoms with Crippen molar-refractivity contribution in [3.8, 4) is 0 Å². The van der Waals surface area contributed by atoms with Crippen molar-refractivity contribution in [1.29, 1.82) is 0 Å². The molecule has 1 N–H and O–H groups in total. The second kappa shape index (κ2) is 5.30. The van der Waals surface area contributed by atoms with Gasteiger partial charge in [-0.2, -0.15) is 0 Å². The van der Waals surface area contributed by atoms with Crippen LogP contribution in [0.25, 0.3) is 0 Å². The van der Waals surface area contributed by atoms with Crippen molar-refractivity contribution < 1.29 is 9.72 Å². The maximum atomic E-state index is 12.2. The second-order valence-electron chi connectivity index (χ2n) is 3.93.